The molecule has 0 bridgehead atoms. The first-order valence-electron chi connectivity index (χ1n) is 14.9. The van der Waals surface area contributed by atoms with Crippen LogP contribution >= 0.6 is 0 Å². The van der Waals surface area contributed by atoms with Crippen LogP contribution in [0, 0.1) is 0 Å². The first kappa shape index (κ1) is 35.5. The third-order valence-electron chi connectivity index (χ3n) is 8.04. The predicted molar refractivity (Wildman–Crippen MR) is 193 cm³/mol. The van der Waals surface area contributed by atoms with E-state index in [0.29, 0.717) is 11.1 Å². The second-order valence-electron chi connectivity index (χ2n) is 11.1. The maximum absolute atomic E-state index is 12.2. The highest BCUT2D eigenvalue weighted by atomic mass is 32.2. The number of aromatic hydroxyl groups is 2. The fraction of sp³-hybridized carbons (Fsp3) is 0.0588. The zero-order valence-electron chi connectivity index (χ0n) is 27.1. The lowest BCUT2D eigenvalue weighted by molar-refractivity contribution is 0.415. The van der Waals surface area contributed by atoms with E-state index < -0.39 is 41.5 Å². The van der Waals surface area contributed by atoms with Gasteiger partial charge in [0.05, 0.1) is 25.6 Å². The Labute approximate surface area is 295 Å². The molecule has 0 fully saturated rings. The zero-order valence-corrected chi connectivity index (χ0v) is 28.7. The van der Waals surface area contributed by atoms with Gasteiger partial charge in [0, 0.05) is 21.5 Å². The van der Waals surface area contributed by atoms with E-state index >= 15 is 0 Å². The minimum Gasteiger partial charge on any atom is -0.504 e. The topological polar surface area (TPSA) is 269 Å². The highest BCUT2D eigenvalue weighted by Crippen LogP contribution is 2.48. The second-order valence-corrected chi connectivity index (χ2v) is 13.8. The number of hydrogen-bond donors (Lipinski definition) is 6. The van der Waals surface area contributed by atoms with Crippen LogP contribution in [0.15, 0.2) is 115 Å². The molecule has 0 saturated heterocycles. The summed E-state index contributed by atoms with van der Waals surface area (Å²) >= 11 is 0. The molecule has 0 aromatic heterocycles. The fourth-order valence-corrected chi connectivity index (χ4v) is 7.22. The Hall–Kier alpha value is -6.34. The summed E-state index contributed by atoms with van der Waals surface area (Å²) in [5.74, 6) is -1.29. The normalized spacial score (nSPS) is 12.3. The smallest absolute Gasteiger partial charge is 0.298 e. The van der Waals surface area contributed by atoms with Crippen molar-refractivity contribution in [1.82, 2.24) is 0 Å². The van der Waals surface area contributed by atoms with Gasteiger partial charge in [0.25, 0.3) is 20.2 Å². The first-order chi connectivity index (χ1) is 24.6. The number of fused-ring (bicyclic) bond motifs is 2. The molecule has 52 heavy (non-hydrogen) atoms. The molecule has 266 valence electrons. The quantitative estimate of drug-likeness (QED) is 0.0475. The minimum atomic E-state index is -4.88. The van der Waals surface area contributed by atoms with Crippen LogP contribution in [0.2, 0.25) is 0 Å². The molecule has 0 amide bonds. The van der Waals surface area contributed by atoms with Crippen LogP contribution in [0.1, 0.15) is 0 Å². The van der Waals surface area contributed by atoms with Crippen LogP contribution in [0.4, 0.5) is 34.1 Å². The first-order valence-corrected chi connectivity index (χ1v) is 17.7. The Kier molecular flexibility index (Phi) is 9.15. The molecule has 0 atom stereocenters. The number of methoxy groups -OCH3 is 2. The molecular weight excluding hydrogens is 717 g/mol. The Morgan fingerprint density at radius 3 is 1.21 bits per heavy atom. The maximum atomic E-state index is 12.2. The zero-order chi connectivity index (χ0) is 37.5. The molecule has 0 radical (unpaired) electrons. The van der Waals surface area contributed by atoms with E-state index in [1.807, 2.05) is 0 Å². The predicted octanol–water partition coefficient (Wildman–Crippen LogP) is 7.58. The molecule has 16 nitrogen and oxygen atoms in total. The lowest BCUT2D eigenvalue weighted by Gasteiger charge is -2.13. The number of phenolic OH excluding ortho intramolecular Hbond substituents is 2. The third-order valence-corrected chi connectivity index (χ3v) is 9.90. The Morgan fingerprint density at radius 1 is 0.538 bits per heavy atom. The van der Waals surface area contributed by atoms with Gasteiger partial charge in [-0.25, -0.2) is 0 Å². The van der Waals surface area contributed by atoms with E-state index in [0.717, 1.165) is 0 Å². The van der Waals surface area contributed by atoms with Crippen molar-refractivity contribution < 1.29 is 45.6 Å². The number of phenols is 2. The van der Waals surface area contributed by atoms with Gasteiger partial charge in [0.2, 0.25) is 0 Å². The molecule has 0 aliphatic rings. The number of azo groups is 2. The summed E-state index contributed by atoms with van der Waals surface area (Å²) in [6.45, 7) is 0. The third kappa shape index (κ3) is 6.37. The van der Waals surface area contributed by atoms with Crippen molar-refractivity contribution >= 4 is 75.9 Å². The monoisotopic (exact) mass is 744 g/mol. The number of hydrogen-bond acceptors (Lipinski definition) is 14. The van der Waals surface area contributed by atoms with E-state index in [1.165, 1.54) is 50.6 Å². The van der Waals surface area contributed by atoms with Crippen molar-refractivity contribution in [2.24, 2.45) is 20.5 Å². The summed E-state index contributed by atoms with van der Waals surface area (Å²) in [7, 11) is -6.98. The Balaban J connectivity index is 1.35. The van der Waals surface area contributed by atoms with Crippen molar-refractivity contribution in [2.45, 2.75) is 9.79 Å². The van der Waals surface area contributed by atoms with Gasteiger partial charge in [-0.15, -0.1) is 20.5 Å². The molecule has 0 spiro atoms. The molecule has 0 unspecified atom stereocenters. The minimum absolute atomic E-state index is 0.00561. The molecule has 6 rings (SSSR count). The van der Waals surface area contributed by atoms with E-state index in [-0.39, 0.29) is 67.2 Å². The lowest BCUT2D eigenvalue weighted by Crippen LogP contribution is -2.02. The van der Waals surface area contributed by atoms with Crippen molar-refractivity contribution in [3.63, 3.8) is 0 Å². The van der Waals surface area contributed by atoms with Crippen LogP contribution in [-0.2, 0) is 20.2 Å². The number of anilines is 2. The van der Waals surface area contributed by atoms with E-state index in [4.69, 9.17) is 20.9 Å². The summed E-state index contributed by atoms with van der Waals surface area (Å²) < 4.78 is 79.3. The van der Waals surface area contributed by atoms with Crippen molar-refractivity contribution in [2.75, 3.05) is 25.7 Å². The maximum Gasteiger partial charge on any atom is 0.298 e. The summed E-state index contributed by atoms with van der Waals surface area (Å²) in [4.78, 5) is -1.52. The number of nitrogens with two attached hydrogens (primary N) is 2. The highest BCUT2D eigenvalue weighted by molar-refractivity contribution is 7.86. The van der Waals surface area contributed by atoms with Crippen molar-refractivity contribution in [1.29, 1.82) is 0 Å². The van der Waals surface area contributed by atoms with Gasteiger partial charge in [-0.05, 0) is 35.4 Å². The highest BCUT2D eigenvalue weighted by Gasteiger charge is 2.27. The van der Waals surface area contributed by atoms with Gasteiger partial charge < -0.3 is 31.2 Å². The number of ether oxygens (including phenoxy) is 2. The largest absolute Gasteiger partial charge is 0.504 e. The van der Waals surface area contributed by atoms with Crippen LogP contribution in [0.25, 0.3) is 32.7 Å². The van der Waals surface area contributed by atoms with Gasteiger partial charge in [-0.3, -0.25) is 9.11 Å². The molecule has 0 aliphatic heterocycles. The van der Waals surface area contributed by atoms with Crippen LogP contribution in [0.5, 0.6) is 23.0 Å². The average molecular weight is 745 g/mol. The molecular formula is C34H28N6O10S2. The van der Waals surface area contributed by atoms with Gasteiger partial charge in [0.1, 0.15) is 32.7 Å². The van der Waals surface area contributed by atoms with Gasteiger partial charge in [-0.1, -0.05) is 60.7 Å². The molecule has 6 aromatic carbocycles. The fourth-order valence-electron chi connectivity index (χ4n) is 5.62. The van der Waals surface area contributed by atoms with Crippen molar-refractivity contribution in [3.8, 4) is 34.1 Å². The average Bonchev–Trinajstić information content (AvgIpc) is 3.10. The molecule has 18 heteroatoms. The standard InChI is InChI=1S/C34H28N6O10S2/c1-49-25-15-17(11-13-23(25)37-39-29-27(35)19-7-3-5-9-21(19)33(31(29)41)51(43,44)45)18-12-14-24(26(16-18)50-2)38-40-30-28(36)20-8-4-6-10-22(20)34(32(30)42)52(46,47)48/h3-16,41-42H,35-36H2,1-2H3,(H,43,44,45)(H,46,47,48)/b39-37+,40-38+. The number of nitrogens with zero attached hydrogens (tertiary/aromatic N) is 4. The molecule has 0 heterocycles. The van der Waals surface area contributed by atoms with E-state index in [1.54, 1.807) is 48.5 Å². The number of benzene rings is 6. The Bertz CT molecular complexity index is 2530. The molecule has 0 saturated carbocycles. The number of rotatable bonds is 9. The SMILES string of the molecule is COc1cc(-c2ccc(/N=N/c3c(O)c(S(=O)(=O)O)c4ccccc4c3N)c(OC)c2)ccc1/N=N/c1c(O)c(S(=O)(=O)O)c2ccccc2c1N. The summed E-state index contributed by atoms with van der Waals surface area (Å²) in [5.41, 5.74) is 13.2. The second kappa shape index (κ2) is 13.4. The molecule has 6 aromatic rings. The Morgan fingerprint density at radius 2 is 0.885 bits per heavy atom. The summed E-state index contributed by atoms with van der Waals surface area (Å²) in [6, 6.07) is 21.7. The molecule has 0 aliphatic carbocycles. The number of nitrogen functional groups attached to an aromatic ring is 2. The van der Waals surface area contributed by atoms with Crippen molar-refractivity contribution in [3.05, 3.63) is 84.9 Å². The van der Waals surface area contributed by atoms with Gasteiger partial charge >= 0.3 is 0 Å². The summed E-state index contributed by atoms with van der Waals surface area (Å²) in [6.07, 6.45) is 0. The van der Waals surface area contributed by atoms with Gasteiger partial charge in [-0.2, -0.15) is 16.8 Å². The lowest BCUT2D eigenvalue weighted by atomic mass is 10.0. The van der Waals surface area contributed by atoms with Crippen LogP contribution in [-0.4, -0.2) is 50.4 Å². The van der Waals surface area contributed by atoms with Crippen LogP contribution in [0.3, 0.4) is 0 Å². The van der Waals surface area contributed by atoms with E-state index in [9.17, 15) is 36.2 Å². The van der Waals surface area contributed by atoms with Crippen LogP contribution < -0.4 is 20.9 Å². The summed E-state index contributed by atoms with van der Waals surface area (Å²) in [5, 5.41) is 38.4. The van der Waals surface area contributed by atoms with Gasteiger partial charge in [0.15, 0.2) is 22.9 Å². The molecule has 8 N–H and O–H groups in total. The van der Waals surface area contributed by atoms with E-state index in [2.05, 4.69) is 20.5 Å².